The Hall–Kier alpha value is -1.74. The lowest BCUT2D eigenvalue weighted by atomic mass is 10.2. The predicted octanol–water partition coefficient (Wildman–Crippen LogP) is 3.57. The highest BCUT2D eigenvalue weighted by Crippen LogP contribution is 2.20. The maximum Gasteiger partial charge on any atom is 0.214 e. The Balaban J connectivity index is 2.18. The van der Waals surface area contributed by atoms with Crippen LogP contribution < -0.4 is 10.1 Å². The number of hydrogen-bond acceptors (Lipinski definition) is 3. The van der Waals surface area contributed by atoms with Crippen molar-refractivity contribution in [3.8, 4) is 5.88 Å². The van der Waals surface area contributed by atoms with Gasteiger partial charge in [-0.2, -0.15) is 0 Å². The van der Waals surface area contributed by atoms with Crippen molar-refractivity contribution in [2.24, 2.45) is 0 Å². The summed E-state index contributed by atoms with van der Waals surface area (Å²) in [5.41, 5.74) is 3.01. The number of halogens is 1. The molecule has 2 aromatic rings. The van der Waals surface area contributed by atoms with Gasteiger partial charge in [-0.25, -0.2) is 4.98 Å². The van der Waals surface area contributed by atoms with E-state index in [2.05, 4.69) is 10.3 Å². The van der Waals surface area contributed by atoms with Crippen LogP contribution in [0.25, 0.3) is 0 Å². The lowest BCUT2D eigenvalue weighted by molar-refractivity contribution is 0.398. The second-order valence-corrected chi connectivity index (χ2v) is 3.81. The number of aromatic nitrogens is 1. The molecule has 4 heteroatoms. The van der Waals surface area contributed by atoms with Crippen molar-refractivity contribution < 1.29 is 4.74 Å². The average molecular weight is 249 g/mol. The normalized spacial score (nSPS) is 10.0. The summed E-state index contributed by atoms with van der Waals surface area (Å²) in [4.78, 5) is 4.05. The molecule has 0 aliphatic heterocycles. The smallest absolute Gasteiger partial charge is 0.214 e. The maximum atomic E-state index is 5.79. The summed E-state index contributed by atoms with van der Waals surface area (Å²) in [5, 5.41) is 3.27. The number of nitrogens with zero attached hydrogens (tertiary/aromatic N) is 1. The molecule has 0 saturated carbocycles. The fraction of sp³-hybridized carbons (Fsp3) is 0.154. The molecule has 1 heterocycles. The van der Waals surface area contributed by atoms with Crippen molar-refractivity contribution in [2.75, 3.05) is 12.4 Å². The fourth-order valence-corrected chi connectivity index (χ4v) is 1.66. The first-order valence-electron chi connectivity index (χ1n) is 5.24. The Morgan fingerprint density at radius 3 is 2.82 bits per heavy atom. The first kappa shape index (κ1) is 11.7. The molecular formula is C13H13ClN2O. The van der Waals surface area contributed by atoms with Crippen LogP contribution in [0.1, 0.15) is 5.56 Å². The molecule has 17 heavy (non-hydrogen) atoms. The van der Waals surface area contributed by atoms with Gasteiger partial charge in [0.05, 0.1) is 7.11 Å². The van der Waals surface area contributed by atoms with Crippen LogP contribution in [0.4, 0.5) is 11.4 Å². The van der Waals surface area contributed by atoms with Crippen molar-refractivity contribution in [3.05, 3.63) is 48.2 Å². The molecule has 0 aliphatic rings. The van der Waals surface area contributed by atoms with E-state index in [1.54, 1.807) is 13.3 Å². The highest BCUT2D eigenvalue weighted by atomic mass is 35.5. The van der Waals surface area contributed by atoms with Gasteiger partial charge in [-0.3, -0.25) is 0 Å². The van der Waals surface area contributed by atoms with Crippen LogP contribution in [0, 0.1) is 0 Å². The number of alkyl halides is 1. The summed E-state index contributed by atoms with van der Waals surface area (Å²) in [6.45, 7) is 0. The van der Waals surface area contributed by atoms with E-state index >= 15 is 0 Å². The van der Waals surface area contributed by atoms with Gasteiger partial charge in [0.15, 0.2) is 0 Å². The van der Waals surface area contributed by atoms with Crippen LogP contribution in [0.15, 0.2) is 42.6 Å². The lowest BCUT2D eigenvalue weighted by Gasteiger charge is -2.08. The molecule has 88 valence electrons. The molecule has 0 aliphatic carbocycles. The Labute approximate surface area is 105 Å². The van der Waals surface area contributed by atoms with Gasteiger partial charge in [-0.05, 0) is 23.8 Å². The maximum absolute atomic E-state index is 5.79. The Morgan fingerprint density at radius 2 is 2.06 bits per heavy atom. The van der Waals surface area contributed by atoms with E-state index in [0.717, 1.165) is 16.9 Å². The predicted molar refractivity (Wildman–Crippen MR) is 70.1 cm³/mol. The Bertz CT molecular complexity index is 457. The number of ether oxygens (including phenoxy) is 1. The molecule has 1 aromatic carbocycles. The molecule has 1 aromatic heterocycles. The summed E-state index contributed by atoms with van der Waals surface area (Å²) < 4.78 is 5.07. The first-order valence-corrected chi connectivity index (χ1v) is 5.77. The molecule has 2 rings (SSSR count). The van der Waals surface area contributed by atoms with E-state index in [0.29, 0.717) is 11.8 Å². The first-order chi connectivity index (χ1) is 8.31. The second-order valence-electron chi connectivity index (χ2n) is 3.55. The minimum absolute atomic E-state index is 0.509. The SMILES string of the molecule is COc1cc(Nc2cccc(CCl)c2)ccn1. The third-order valence-electron chi connectivity index (χ3n) is 2.31. The van der Waals surface area contributed by atoms with E-state index in [-0.39, 0.29) is 0 Å². The number of nitrogens with one attached hydrogen (secondary N) is 1. The average Bonchev–Trinajstić information content (AvgIpc) is 2.39. The van der Waals surface area contributed by atoms with Gasteiger partial charge in [0.25, 0.3) is 0 Å². The highest BCUT2D eigenvalue weighted by molar-refractivity contribution is 6.17. The highest BCUT2D eigenvalue weighted by Gasteiger charge is 1.98. The van der Waals surface area contributed by atoms with Crippen molar-refractivity contribution in [1.29, 1.82) is 0 Å². The van der Waals surface area contributed by atoms with Crippen LogP contribution in [0.2, 0.25) is 0 Å². The van der Waals surface area contributed by atoms with Gasteiger partial charge < -0.3 is 10.1 Å². The summed E-state index contributed by atoms with van der Waals surface area (Å²) in [6, 6.07) is 11.7. The van der Waals surface area contributed by atoms with E-state index in [4.69, 9.17) is 16.3 Å². The van der Waals surface area contributed by atoms with Crippen LogP contribution in [-0.2, 0) is 5.88 Å². The minimum Gasteiger partial charge on any atom is -0.481 e. The van der Waals surface area contributed by atoms with Gasteiger partial charge in [-0.1, -0.05) is 12.1 Å². The summed E-state index contributed by atoms with van der Waals surface area (Å²) in [6.07, 6.45) is 1.70. The molecule has 3 nitrogen and oxygen atoms in total. The zero-order chi connectivity index (χ0) is 12.1. The van der Waals surface area contributed by atoms with Crippen LogP contribution in [-0.4, -0.2) is 12.1 Å². The summed E-state index contributed by atoms with van der Waals surface area (Å²) in [7, 11) is 1.60. The molecule has 0 atom stereocenters. The summed E-state index contributed by atoms with van der Waals surface area (Å²) >= 11 is 5.79. The quantitative estimate of drug-likeness (QED) is 0.840. The number of benzene rings is 1. The van der Waals surface area contributed by atoms with Gasteiger partial charge in [0.2, 0.25) is 5.88 Å². The fourth-order valence-electron chi connectivity index (χ4n) is 1.50. The molecule has 1 N–H and O–H groups in total. The van der Waals surface area contributed by atoms with E-state index in [1.807, 2.05) is 36.4 Å². The van der Waals surface area contributed by atoms with Crippen molar-refractivity contribution in [2.45, 2.75) is 5.88 Å². The van der Waals surface area contributed by atoms with Crippen molar-refractivity contribution in [1.82, 2.24) is 4.98 Å². The Morgan fingerprint density at radius 1 is 1.24 bits per heavy atom. The molecule has 0 amide bonds. The molecule has 0 bridgehead atoms. The van der Waals surface area contributed by atoms with Crippen LogP contribution in [0.5, 0.6) is 5.88 Å². The lowest BCUT2D eigenvalue weighted by Crippen LogP contribution is -1.93. The molecular weight excluding hydrogens is 236 g/mol. The topological polar surface area (TPSA) is 34.1 Å². The number of methoxy groups -OCH3 is 1. The van der Waals surface area contributed by atoms with Gasteiger partial charge in [-0.15, -0.1) is 11.6 Å². The van der Waals surface area contributed by atoms with Crippen LogP contribution in [0.3, 0.4) is 0 Å². The summed E-state index contributed by atoms with van der Waals surface area (Å²) in [5.74, 6) is 1.10. The van der Waals surface area contributed by atoms with E-state index in [1.165, 1.54) is 0 Å². The van der Waals surface area contributed by atoms with E-state index in [9.17, 15) is 0 Å². The number of rotatable bonds is 4. The second kappa shape index (κ2) is 5.55. The largest absolute Gasteiger partial charge is 0.481 e. The van der Waals surface area contributed by atoms with Gasteiger partial charge >= 0.3 is 0 Å². The number of pyridine rings is 1. The third-order valence-corrected chi connectivity index (χ3v) is 2.62. The van der Waals surface area contributed by atoms with Crippen LogP contribution >= 0.6 is 11.6 Å². The molecule has 0 saturated heterocycles. The standard InChI is InChI=1S/C13H13ClN2O/c1-17-13-8-12(5-6-15-13)16-11-4-2-3-10(7-11)9-14/h2-8H,9H2,1H3,(H,15,16). The Kier molecular flexibility index (Phi) is 3.83. The molecule has 0 spiro atoms. The third kappa shape index (κ3) is 3.11. The minimum atomic E-state index is 0.509. The molecule has 0 fully saturated rings. The number of hydrogen-bond donors (Lipinski definition) is 1. The van der Waals surface area contributed by atoms with Crippen molar-refractivity contribution in [3.63, 3.8) is 0 Å². The van der Waals surface area contributed by atoms with Crippen molar-refractivity contribution >= 4 is 23.0 Å². The molecule has 0 unspecified atom stereocenters. The molecule has 0 radical (unpaired) electrons. The number of anilines is 2. The van der Waals surface area contributed by atoms with Gasteiger partial charge in [0.1, 0.15) is 0 Å². The zero-order valence-corrected chi connectivity index (χ0v) is 10.2. The van der Waals surface area contributed by atoms with E-state index < -0.39 is 0 Å². The zero-order valence-electron chi connectivity index (χ0n) is 9.48. The monoisotopic (exact) mass is 248 g/mol. The van der Waals surface area contributed by atoms with Gasteiger partial charge in [0, 0.05) is 29.5 Å².